The van der Waals surface area contributed by atoms with Crippen LogP contribution in [0.5, 0.6) is 0 Å². The molecule has 102 valence electrons. The van der Waals surface area contributed by atoms with E-state index < -0.39 is 0 Å². The molecule has 0 aromatic carbocycles. The topological polar surface area (TPSA) is 67.1 Å². The Morgan fingerprint density at radius 2 is 2.00 bits per heavy atom. The molecule has 1 atom stereocenters. The molecule has 0 saturated heterocycles. The zero-order valence-corrected chi connectivity index (χ0v) is 12.1. The third-order valence-electron chi connectivity index (χ3n) is 3.02. The molecule has 0 spiro atoms. The van der Waals surface area contributed by atoms with Gasteiger partial charge in [-0.3, -0.25) is 0 Å². The Morgan fingerprint density at radius 1 is 1.33 bits per heavy atom. The first-order valence-electron chi connectivity index (χ1n) is 6.46. The number of rotatable bonds is 6. The Morgan fingerprint density at radius 3 is 2.50 bits per heavy atom. The molecule has 1 heterocycles. The minimum Gasteiger partial charge on any atom is -0.383 e. The summed E-state index contributed by atoms with van der Waals surface area (Å²) in [6.45, 7) is 7.44. The summed E-state index contributed by atoms with van der Waals surface area (Å²) in [5, 5.41) is 3.50. The van der Waals surface area contributed by atoms with E-state index in [-0.39, 0.29) is 0 Å². The van der Waals surface area contributed by atoms with Gasteiger partial charge in [-0.15, -0.1) is 0 Å². The summed E-state index contributed by atoms with van der Waals surface area (Å²) in [5.74, 6) is 1.96. The maximum atomic E-state index is 5.88. The van der Waals surface area contributed by atoms with Gasteiger partial charge in [-0.05, 0) is 26.4 Å². The number of nitrogen functional groups attached to an aromatic ring is 1. The molecule has 0 bridgehead atoms. The molecule has 5 nitrogen and oxygen atoms in total. The number of anilines is 2. The molecule has 1 unspecified atom stereocenters. The summed E-state index contributed by atoms with van der Waals surface area (Å²) in [6, 6.07) is 0.347. The van der Waals surface area contributed by atoms with E-state index in [0.29, 0.717) is 17.8 Å². The second-order valence-electron chi connectivity index (χ2n) is 5.20. The van der Waals surface area contributed by atoms with Crippen LogP contribution in [0.4, 0.5) is 11.6 Å². The van der Waals surface area contributed by atoms with Crippen molar-refractivity contribution in [2.45, 2.75) is 33.2 Å². The first-order chi connectivity index (χ1) is 8.45. The number of aromatic nitrogens is 2. The third-order valence-corrected chi connectivity index (χ3v) is 3.02. The standard InChI is InChI=1S/C13H25N5/c1-6-10-12(14)15-8-16-13(10)17-11(9(2)3)7-18(4)5/h8-9,11H,6-7H2,1-5H3,(H3,14,15,16,17). The summed E-state index contributed by atoms with van der Waals surface area (Å²) in [4.78, 5) is 10.5. The van der Waals surface area contributed by atoms with Crippen molar-refractivity contribution in [2.75, 3.05) is 31.7 Å². The average Bonchev–Trinajstić information content (AvgIpc) is 2.27. The van der Waals surface area contributed by atoms with Crippen LogP contribution in [-0.4, -0.2) is 41.5 Å². The molecule has 0 aliphatic heterocycles. The van der Waals surface area contributed by atoms with Crippen molar-refractivity contribution >= 4 is 11.6 Å². The van der Waals surface area contributed by atoms with Crippen molar-refractivity contribution in [1.29, 1.82) is 0 Å². The molecule has 1 rings (SSSR count). The van der Waals surface area contributed by atoms with Gasteiger partial charge in [0.05, 0.1) is 0 Å². The molecule has 0 saturated carbocycles. The van der Waals surface area contributed by atoms with E-state index in [1.807, 2.05) is 0 Å². The van der Waals surface area contributed by atoms with Crippen molar-refractivity contribution < 1.29 is 0 Å². The second-order valence-corrected chi connectivity index (χ2v) is 5.20. The second kappa shape index (κ2) is 6.54. The molecule has 0 aliphatic carbocycles. The summed E-state index contributed by atoms with van der Waals surface area (Å²) >= 11 is 0. The molecule has 0 amide bonds. The van der Waals surface area contributed by atoms with Crippen LogP contribution < -0.4 is 11.1 Å². The van der Waals surface area contributed by atoms with Gasteiger partial charge in [-0.1, -0.05) is 20.8 Å². The lowest BCUT2D eigenvalue weighted by Gasteiger charge is -2.27. The highest BCUT2D eigenvalue weighted by Crippen LogP contribution is 2.20. The third kappa shape index (κ3) is 3.84. The Kier molecular flexibility index (Phi) is 5.34. The monoisotopic (exact) mass is 251 g/mol. The highest BCUT2D eigenvalue weighted by atomic mass is 15.1. The maximum absolute atomic E-state index is 5.88. The van der Waals surface area contributed by atoms with Gasteiger partial charge in [-0.25, -0.2) is 9.97 Å². The number of nitrogens with two attached hydrogens (primary N) is 1. The maximum Gasteiger partial charge on any atom is 0.134 e. The van der Waals surface area contributed by atoms with Crippen LogP contribution in [0.25, 0.3) is 0 Å². The van der Waals surface area contributed by atoms with Gasteiger partial charge in [0.1, 0.15) is 18.0 Å². The van der Waals surface area contributed by atoms with Gasteiger partial charge in [0.25, 0.3) is 0 Å². The van der Waals surface area contributed by atoms with Crippen LogP contribution in [0.2, 0.25) is 0 Å². The predicted octanol–water partition coefficient (Wildman–Crippen LogP) is 1.62. The summed E-state index contributed by atoms with van der Waals surface area (Å²) in [6.07, 6.45) is 2.35. The minimum atomic E-state index is 0.347. The number of hydrogen-bond donors (Lipinski definition) is 2. The summed E-state index contributed by atoms with van der Waals surface area (Å²) in [5.41, 5.74) is 6.89. The predicted molar refractivity (Wildman–Crippen MR) is 76.6 cm³/mol. The Balaban J connectivity index is 2.90. The number of nitrogens with one attached hydrogen (secondary N) is 1. The molecular formula is C13H25N5. The molecule has 1 aromatic rings. The fraction of sp³-hybridized carbons (Fsp3) is 0.692. The summed E-state index contributed by atoms with van der Waals surface area (Å²) in [7, 11) is 4.15. The molecule has 5 heteroatoms. The van der Waals surface area contributed by atoms with Crippen molar-refractivity contribution in [3.05, 3.63) is 11.9 Å². The van der Waals surface area contributed by atoms with E-state index in [1.165, 1.54) is 6.33 Å². The van der Waals surface area contributed by atoms with Crippen LogP contribution in [0.15, 0.2) is 6.33 Å². The quantitative estimate of drug-likeness (QED) is 0.804. The average molecular weight is 251 g/mol. The Hall–Kier alpha value is -1.36. The van der Waals surface area contributed by atoms with Crippen molar-refractivity contribution in [3.63, 3.8) is 0 Å². The molecule has 0 aliphatic rings. The van der Waals surface area contributed by atoms with E-state index in [9.17, 15) is 0 Å². The lowest BCUT2D eigenvalue weighted by Crippen LogP contribution is -2.37. The van der Waals surface area contributed by atoms with Gasteiger partial charge in [0, 0.05) is 18.2 Å². The van der Waals surface area contributed by atoms with Crippen LogP contribution in [-0.2, 0) is 6.42 Å². The van der Waals surface area contributed by atoms with Crippen molar-refractivity contribution in [1.82, 2.24) is 14.9 Å². The zero-order chi connectivity index (χ0) is 13.7. The van der Waals surface area contributed by atoms with E-state index in [0.717, 1.165) is 24.3 Å². The highest BCUT2D eigenvalue weighted by molar-refractivity contribution is 5.55. The van der Waals surface area contributed by atoms with E-state index in [2.05, 4.69) is 55.1 Å². The van der Waals surface area contributed by atoms with Gasteiger partial charge in [-0.2, -0.15) is 0 Å². The molecule has 0 radical (unpaired) electrons. The van der Waals surface area contributed by atoms with Gasteiger partial charge in [0.2, 0.25) is 0 Å². The normalized spacial score (nSPS) is 13.1. The van der Waals surface area contributed by atoms with Gasteiger partial charge < -0.3 is 16.0 Å². The van der Waals surface area contributed by atoms with Crippen molar-refractivity contribution in [3.8, 4) is 0 Å². The summed E-state index contributed by atoms with van der Waals surface area (Å²) < 4.78 is 0. The van der Waals surface area contributed by atoms with Crippen LogP contribution in [0, 0.1) is 5.92 Å². The smallest absolute Gasteiger partial charge is 0.134 e. The molecular weight excluding hydrogens is 226 g/mol. The van der Waals surface area contributed by atoms with Crippen LogP contribution in [0.3, 0.4) is 0 Å². The minimum absolute atomic E-state index is 0.347. The SMILES string of the molecule is CCc1c(N)ncnc1NC(CN(C)C)C(C)C. The number of nitrogens with zero attached hydrogens (tertiary/aromatic N) is 3. The fourth-order valence-electron chi connectivity index (χ4n) is 1.89. The lowest BCUT2D eigenvalue weighted by atomic mass is 10.0. The van der Waals surface area contributed by atoms with Gasteiger partial charge >= 0.3 is 0 Å². The fourth-order valence-corrected chi connectivity index (χ4v) is 1.89. The Labute approximate surface area is 110 Å². The van der Waals surface area contributed by atoms with E-state index in [4.69, 9.17) is 5.73 Å². The first-order valence-corrected chi connectivity index (χ1v) is 6.46. The molecule has 18 heavy (non-hydrogen) atoms. The molecule has 0 fully saturated rings. The Bertz CT molecular complexity index is 376. The molecule has 3 N–H and O–H groups in total. The zero-order valence-electron chi connectivity index (χ0n) is 12.1. The number of hydrogen-bond acceptors (Lipinski definition) is 5. The lowest BCUT2D eigenvalue weighted by molar-refractivity contribution is 0.344. The van der Waals surface area contributed by atoms with Crippen LogP contribution >= 0.6 is 0 Å². The molecule has 1 aromatic heterocycles. The first kappa shape index (κ1) is 14.7. The van der Waals surface area contributed by atoms with E-state index >= 15 is 0 Å². The van der Waals surface area contributed by atoms with Crippen LogP contribution in [0.1, 0.15) is 26.3 Å². The number of likely N-dealkylation sites (N-methyl/N-ethyl adjacent to an activating group) is 1. The largest absolute Gasteiger partial charge is 0.383 e. The van der Waals surface area contributed by atoms with Gasteiger partial charge in [0.15, 0.2) is 0 Å². The van der Waals surface area contributed by atoms with E-state index in [1.54, 1.807) is 0 Å². The van der Waals surface area contributed by atoms with Crippen molar-refractivity contribution in [2.24, 2.45) is 5.92 Å². The highest BCUT2D eigenvalue weighted by Gasteiger charge is 2.17.